The number of alkyl carbamates (subject to hydrolysis) is 1. The van der Waals surface area contributed by atoms with Crippen LogP contribution < -0.4 is 33.9 Å². The third kappa shape index (κ3) is 9.05. The standard InChI is InChI=1S/C25H26N2O4.HI/c28-24(30-19-21-11-4-1-5-12-21)23(15-10-18-27-16-8-3-9-17-27)26-25(29)31-20-22-13-6-2-7-14-22;/h1-9,11-14,16-17,23H,10,15,18-20H2;1H/t23-;/m0./s1. The van der Waals surface area contributed by atoms with E-state index in [4.69, 9.17) is 9.47 Å². The molecule has 3 aromatic rings. The number of aromatic nitrogens is 1. The number of benzene rings is 2. The molecule has 1 N–H and O–H groups in total. The molecule has 0 spiro atoms. The van der Waals surface area contributed by atoms with Crippen LogP contribution in [0.2, 0.25) is 0 Å². The maximum atomic E-state index is 12.7. The Balaban J connectivity index is 0.00000363. The zero-order valence-electron chi connectivity index (χ0n) is 17.7. The molecule has 0 aliphatic carbocycles. The topological polar surface area (TPSA) is 68.5 Å². The van der Waals surface area contributed by atoms with Crippen molar-refractivity contribution < 1.29 is 47.6 Å². The van der Waals surface area contributed by atoms with E-state index >= 15 is 0 Å². The van der Waals surface area contributed by atoms with Crippen LogP contribution in [0.3, 0.4) is 0 Å². The van der Waals surface area contributed by atoms with Crippen molar-refractivity contribution in [2.24, 2.45) is 0 Å². The molecule has 1 aromatic heterocycles. The van der Waals surface area contributed by atoms with E-state index < -0.39 is 18.1 Å². The molecule has 1 heterocycles. The summed E-state index contributed by atoms with van der Waals surface area (Å²) in [5.74, 6) is -0.474. The molecule has 7 heteroatoms. The molecule has 2 aromatic carbocycles. The average Bonchev–Trinajstić information content (AvgIpc) is 2.82. The third-order valence-electron chi connectivity index (χ3n) is 4.70. The fourth-order valence-corrected chi connectivity index (χ4v) is 3.05. The van der Waals surface area contributed by atoms with E-state index in [-0.39, 0.29) is 37.2 Å². The van der Waals surface area contributed by atoms with Gasteiger partial charge in [0.25, 0.3) is 0 Å². The minimum atomic E-state index is -0.781. The number of aryl methyl sites for hydroxylation is 1. The lowest BCUT2D eigenvalue weighted by atomic mass is 10.1. The first-order chi connectivity index (χ1) is 15.2. The molecule has 0 fully saturated rings. The van der Waals surface area contributed by atoms with Gasteiger partial charge in [0, 0.05) is 18.6 Å². The van der Waals surface area contributed by atoms with Crippen LogP contribution in [0.25, 0.3) is 0 Å². The van der Waals surface area contributed by atoms with Crippen molar-refractivity contribution in [2.75, 3.05) is 0 Å². The number of nitrogens with one attached hydrogen (secondary N) is 1. The second-order valence-electron chi connectivity index (χ2n) is 7.11. The van der Waals surface area contributed by atoms with Crippen LogP contribution in [0.1, 0.15) is 24.0 Å². The van der Waals surface area contributed by atoms with Crippen molar-refractivity contribution in [3.05, 3.63) is 102 Å². The lowest BCUT2D eigenvalue weighted by Crippen LogP contribution is -3.00. The number of rotatable bonds is 10. The van der Waals surface area contributed by atoms with Crippen LogP contribution in [-0.2, 0) is 34.0 Å². The minimum absolute atomic E-state index is 0. The molecule has 0 radical (unpaired) electrons. The molecule has 0 saturated heterocycles. The Labute approximate surface area is 205 Å². The van der Waals surface area contributed by atoms with E-state index in [1.807, 2.05) is 95.8 Å². The zero-order valence-corrected chi connectivity index (χ0v) is 19.9. The Morgan fingerprint density at radius 1 is 0.781 bits per heavy atom. The maximum Gasteiger partial charge on any atom is 0.408 e. The zero-order chi connectivity index (χ0) is 21.7. The summed E-state index contributed by atoms with van der Waals surface area (Å²) in [5.41, 5.74) is 1.77. The highest BCUT2D eigenvalue weighted by Crippen LogP contribution is 2.07. The van der Waals surface area contributed by atoms with Crippen molar-refractivity contribution in [2.45, 2.75) is 38.6 Å². The van der Waals surface area contributed by atoms with Gasteiger partial charge in [0.1, 0.15) is 25.8 Å². The van der Waals surface area contributed by atoms with E-state index in [1.54, 1.807) is 0 Å². The van der Waals surface area contributed by atoms with Crippen molar-refractivity contribution in [1.29, 1.82) is 0 Å². The van der Waals surface area contributed by atoms with Crippen LogP contribution >= 0.6 is 0 Å². The second-order valence-corrected chi connectivity index (χ2v) is 7.11. The van der Waals surface area contributed by atoms with Gasteiger partial charge in [-0.3, -0.25) is 0 Å². The summed E-state index contributed by atoms with van der Waals surface area (Å²) in [6, 6.07) is 23.9. The van der Waals surface area contributed by atoms with Gasteiger partial charge in [-0.15, -0.1) is 0 Å². The third-order valence-corrected chi connectivity index (χ3v) is 4.70. The summed E-state index contributed by atoms with van der Waals surface area (Å²) < 4.78 is 12.7. The second kappa shape index (κ2) is 14.2. The number of carbonyl (C=O) groups excluding carboxylic acids is 2. The van der Waals surface area contributed by atoms with Gasteiger partial charge in [-0.25, -0.2) is 14.2 Å². The summed E-state index contributed by atoms with van der Waals surface area (Å²) in [4.78, 5) is 25.0. The van der Waals surface area contributed by atoms with Crippen LogP contribution in [0, 0.1) is 0 Å². The van der Waals surface area contributed by atoms with Crippen molar-refractivity contribution in [3.63, 3.8) is 0 Å². The van der Waals surface area contributed by atoms with Gasteiger partial charge in [0.15, 0.2) is 12.4 Å². The first-order valence-electron chi connectivity index (χ1n) is 10.3. The Morgan fingerprint density at radius 2 is 1.31 bits per heavy atom. The van der Waals surface area contributed by atoms with E-state index in [2.05, 4.69) is 5.32 Å². The number of esters is 1. The van der Waals surface area contributed by atoms with Crippen LogP contribution in [0.15, 0.2) is 91.3 Å². The smallest absolute Gasteiger partial charge is 0.408 e. The highest BCUT2D eigenvalue weighted by molar-refractivity contribution is 5.81. The minimum Gasteiger partial charge on any atom is -1.00 e. The predicted octanol–water partition coefficient (Wildman–Crippen LogP) is 0.797. The Morgan fingerprint density at radius 3 is 1.91 bits per heavy atom. The largest absolute Gasteiger partial charge is 1.00 e. The lowest BCUT2D eigenvalue weighted by molar-refractivity contribution is -0.697. The monoisotopic (exact) mass is 546 g/mol. The highest BCUT2D eigenvalue weighted by atomic mass is 127. The van der Waals surface area contributed by atoms with Gasteiger partial charge in [-0.05, 0) is 17.5 Å². The summed E-state index contributed by atoms with van der Waals surface area (Å²) >= 11 is 0. The van der Waals surface area contributed by atoms with Crippen LogP contribution in [-0.4, -0.2) is 18.1 Å². The van der Waals surface area contributed by atoms with E-state index in [0.717, 1.165) is 17.7 Å². The molecule has 1 amide bonds. The summed E-state index contributed by atoms with van der Waals surface area (Å²) in [6.45, 7) is 1.02. The van der Waals surface area contributed by atoms with Gasteiger partial charge in [-0.1, -0.05) is 66.7 Å². The van der Waals surface area contributed by atoms with Gasteiger partial charge in [0.2, 0.25) is 0 Å². The molecule has 0 aliphatic heterocycles. The molecule has 1 atom stereocenters. The summed E-state index contributed by atoms with van der Waals surface area (Å²) in [6.07, 6.45) is 4.42. The molecule has 0 aliphatic rings. The number of halogens is 1. The Kier molecular flexibility index (Phi) is 11.2. The average molecular weight is 546 g/mol. The lowest BCUT2D eigenvalue weighted by Gasteiger charge is -2.17. The number of pyridine rings is 1. The van der Waals surface area contributed by atoms with Crippen LogP contribution in [0.5, 0.6) is 0 Å². The first kappa shape index (κ1) is 25.3. The molecule has 0 bridgehead atoms. The highest BCUT2D eigenvalue weighted by Gasteiger charge is 2.23. The SMILES string of the molecule is O=C(N[C@@H](CCC[n+]1ccccc1)C(=O)OCc1ccccc1)OCc1ccccc1.[I-]. The maximum absolute atomic E-state index is 12.7. The van der Waals surface area contributed by atoms with Gasteiger partial charge in [-0.2, -0.15) is 0 Å². The number of nitrogens with zero attached hydrogens (tertiary/aromatic N) is 1. The molecule has 168 valence electrons. The Hall–Kier alpha value is -2.94. The van der Waals surface area contributed by atoms with Crippen LogP contribution in [0.4, 0.5) is 4.79 Å². The molecular formula is C25H27IN2O4. The summed E-state index contributed by atoms with van der Waals surface area (Å²) in [7, 11) is 0. The molecule has 32 heavy (non-hydrogen) atoms. The molecule has 3 rings (SSSR count). The normalized spacial score (nSPS) is 11.0. The van der Waals surface area contributed by atoms with Crippen molar-refractivity contribution in [1.82, 2.24) is 5.32 Å². The first-order valence-corrected chi connectivity index (χ1v) is 10.3. The molecule has 0 saturated carbocycles. The fraction of sp³-hybridized carbons (Fsp3) is 0.240. The van der Waals surface area contributed by atoms with E-state index in [9.17, 15) is 9.59 Å². The molecule has 6 nitrogen and oxygen atoms in total. The molecule has 0 unspecified atom stereocenters. The van der Waals surface area contributed by atoms with E-state index in [0.29, 0.717) is 12.8 Å². The van der Waals surface area contributed by atoms with E-state index in [1.165, 1.54) is 0 Å². The van der Waals surface area contributed by atoms with Crippen molar-refractivity contribution >= 4 is 12.1 Å². The van der Waals surface area contributed by atoms with Gasteiger partial charge >= 0.3 is 12.1 Å². The number of hydrogen-bond donors (Lipinski definition) is 1. The number of carbonyl (C=O) groups is 2. The van der Waals surface area contributed by atoms with Crippen molar-refractivity contribution in [3.8, 4) is 0 Å². The number of ether oxygens (including phenoxy) is 2. The predicted molar refractivity (Wildman–Crippen MR) is 116 cm³/mol. The summed E-state index contributed by atoms with van der Waals surface area (Å²) in [5, 5.41) is 2.66. The quantitative estimate of drug-likeness (QED) is 0.232. The Bertz CT molecular complexity index is 940. The fourth-order valence-electron chi connectivity index (χ4n) is 3.05. The van der Waals surface area contributed by atoms with Gasteiger partial charge in [0.05, 0.1) is 0 Å². The van der Waals surface area contributed by atoms with Gasteiger partial charge < -0.3 is 38.8 Å². The number of hydrogen-bond acceptors (Lipinski definition) is 4. The molecular weight excluding hydrogens is 519 g/mol. The number of amides is 1.